The molecule has 36 heavy (non-hydrogen) atoms. The van der Waals surface area contributed by atoms with Crippen molar-refractivity contribution in [1.82, 2.24) is 25.4 Å². The molecule has 2 amide bonds. The van der Waals surface area contributed by atoms with Gasteiger partial charge in [0.25, 0.3) is 11.8 Å². The van der Waals surface area contributed by atoms with Crippen LogP contribution in [0.4, 0.5) is 0 Å². The molecule has 0 saturated heterocycles. The maximum atomic E-state index is 13.4. The first-order valence-electron chi connectivity index (χ1n) is 11.8. The molecular weight excluding hydrogens is 454 g/mol. The fourth-order valence-corrected chi connectivity index (χ4v) is 3.74. The van der Waals surface area contributed by atoms with Crippen LogP contribution in [0.3, 0.4) is 0 Å². The summed E-state index contributed by atoms with van der Waals surface area (Å²) in [5.74, 6) is -1.62. The van der Waals surface area contributed by atoms with Gasteiger partial charge in [-0.2, -0.15) is 5.10 Å². The van der Waals surface area contributed by atoms with E-state index in [1.165, 1.54) is 4.68 Å². The summed E-state index contributed by atoms with van der Waals surface area (Å²) in [6, 6.07) is 23.0. The van der Waals surface area contributed by atoms with E-state index in [4.69, 9.17) is 0 Å². The molecule has 182 valence electrons. The number of ketones is 1. The average molecular weight is 482 g/mol. The number of pyridine rings is 1. The van der Waals surface area contributed by atoms with E-state index < -0.39 is 23.6 Å². The molecule has 2 heterocycles. The maximum Gasteiger partial charge on any atom is 0.289 e. The van der Waals surface area contributed by atoms with E-state index in [2.05, 4.69) is 20.7 Å². The molecular formula is C28H27N5O3. The SMILES string of the molecule is CCCNC(=O)C(=O)[C@@H](Cc1ccccc1)NC(=O)c1cccnc1-n1ccc(-c2ccccc2)n1. The molecule has 0 radical (unpaired) electrons. The number of carbonyl (C=O) groups is 3. The summed E-state index contributed by atoms with van der Waals surface area (Å²) >= 11 is 0. The Morgan fingerprint density at radius 2 is 1.64 bits per heavy atom. The predicted molar refractivity (Wildman–Crippen MR) is 137 cm³/mol. The Kier molecular flexibility index (Phi) is 7.97. The molecule has 0 spiro atoms. The zero-order chi connectivity index (χ0) is 25.3. The minimum absolute atomic E-state index is 0.181. The van der Waals surface area contributed by atoms with Crippen LogP contribution in [0.5, 0.6) is 0 Å². The molecule has 0 aliphatic heterocycles. The Balaban J connectivity index is 1.60. The molecule has 0 fully saturated rings. The van der Waals surface area contributed by atoms with E-state index in [0.717, 1.165) is 16.8 Å². The molecule has 8 nitrogen and oxygen atoms in total. The highest BCUT2D eigenvalue weighted by Crippen LogP contribution is 2.19. The van der Waals surface area contributed by atoms with Crippen molar-refractivity contribution in [3.05, 3.63) is 102 Å². The van der Waals surface area contributed by atoms with Crippen molar-refractivity contribution in [2.45, 2.75) is 25.8 Å². The predicted octanol–water partition coefficient (Wildman–Crippen LogP) is 3.37. The summed E-state index contributed by atoms with van der Waals surface area (Å²) in [5, 5.41) is 9.94. The van der Waals surface area contributed by atoms with Crippen LogP contribution in [0.1, 0.15) is 29.3 Å². The number of carbonyl (C=O) groups excluding carboxylic acids is 3. The Hall–Kier alpha value is -4.59. The van der Waals surface area contributed by atoms with Crippen molar-refractivity contribution < 1.29 is 14.4 Å². The van der Waals surface area contributed by atoms with Crippen molar-refractivity contribution in [2.24, 2.45) is 0 Å². The molecule has 0 bridgehead atoms. The van der Waals surface area contributed by atoms with Crippen LogP contribution in [0.25, 0.3) is 17.1 Å². The summed E-state index contributed by atoms with van der Waals surface area (Å²) < 4.78 is 1.53. The molecule has 4 aromatic rings. The normalized spacial score (nSPS) is 11.5. The van der Waals surface area contributed by atoms with E-state index in [1.54, 1.807) is 24.5 Å². The van der Waals surface area contributed by atoms with E-state index >= 15 is 0 Å². The van der Waals surface area contributed by atoms with Gasteiger partial charge in [-0.05, 0) is 30.2 Å². The highest BCUT2D eigenvalue weighted by molar-refractivity contribution is 6.38. The van der Waals surface area contributed by atoms with Crippen molar-refractivity contribution in [1.29, 1.82) is 0 Å². The molecule has 0 saturated carbocycles. The minimum Gasteiger partial charge on any atom is -0.349 e. The van der Waals surface area contributed by atoms with Gasteiger partial charge in [-0.25, -0.2) is 9.67 Å². The van der Waals surface area contributed by atoms with Crippen LogP contribution in [0.2, 0.25) is 0 Å². The van der Waals surface area contributed by atoms with Gasteiger partial charge >= 0.3 is 0 Å². The van der Waals surface area contributed by atoms with Crippen LogP contribution in [0, 0.1) is 0 Å². The summed E-state index contributed by atoms with van der Waals surface area (Å²) in [6.07, 6.45) is 4.18. The second kappa shape index (κ2) is 11.7. The molecule has 8 heteroatoms. The highest BCUT2D eigenvalue weighted by atomic mass is 16.2. The number of hydrogen-bond donors (Lipinski definition) is 2. The first-order valence-corrected chi connectivity index (χ1v) is 11.8. The number of nitrogens with one attached hydrogen (secondary N) is 2. The lowest BCUT2D eigenvalue weighted by molar-refractivity contribution is -0.138. The molecule has 1 atom stereocenters. The van der Waals surface area contributed by atoms with Gasteiger partial charge in [0.2, 0.25) is 5.78 Å². The standard InChI is InChI=1S/C28H27N5O3/c1-2-16-30-28(36)25(34)24(19-20-10-5-3-6-11-20)31-27(35)22-14-9-17-29-26(22)33-18-15-23(32-33)21-12-7-4-8-13-21/h3-15,17-18,24H,2,16,19H2,1H3,(H,30,36)(H,31,35)/t24-/m1/s1. The summed E-state index contributed by atoms with van der Waals surface area (Å²) in [7, 11) is 0. The Bertz CT molecular complexity index is 1340. The van der Waals surface area contributed by atoms with Crippen LogP contribution < -0.4 is 10.6 Å². The molecule has 2 aromatic carbocycles. The average Bonchev–Trinajstić information content (AvgIpc) is 3.42. The Morgan fingerprint density at radius 1 is 0.917 bits per heavy atom. The molecule has 2 N–H and O–H groups in total. The van der Waals surface area contributed by atoms with Gasteiger partial charge in [0, 0.05) is 30.9 Å². The fourth-order valence-electron chi connectivity index (χ4n) is 3.74. The van der Waals surface area contributed by atoms with E-state index in [0.29, 0.717) is 18.8 Å². The lowest BCUT2D eigenvalue weighted by Crippen LogP contribution is -2.49. The largest absolute Gasteiger partial charge is 0.349 e. The Morgan fingerprint density at radius 3 is 2.36 bits per heavy atom. The fraction of sp³-hybridized carbons (Fsp3) is 0.179. The molecule has 0 unspecified atom stereocenters. The van der Waals surface area contributed by atoms with E-state index in [9.17, 15) is 14.4 Å². The van der Waals surface area contributed by atoms with Crippen molar-refractivity contribution in [3.8, 4) is 17.1 Å². The van der Waals surface area contributed by atoms with Crippen molar-refractivity contribution in [3.63, 3.8) is 0 Å². The smallest absolute Gasteiger partial charge is 0.289 e. The summed E-state index contributed by atoms with van der Waals surface area (Å²) in [6.45, 7) is 2.28. The van der Waals surface area contributed by atoms with Gasteiger partial charge in [-0.1, -0.05) is 67.6 Å². The third kappa shape index (κ3) is 5.90. The van der Waals surface area contributed by atoms with Gasteiger partial charge in [0.15, 0.2) is 5.82 Å². The lowest BCUT2D eigenvalue weighted by Gasteiger charge is -2.18. The molecule has 0 aliphatic carbocycles. The van der Waals surface area contributed by atoms with Gasteiger partial charge in [0.1, 0.15) is 6.04 Å². The molecule has 4 rings (SSSR count). The minimum atomic E-state index is -1.04. The number of amides is 2. The first kappa shape index (κ1) is 24.5. The van der Waals surface area contributed by atoms with Gasteiger partial charge < -0.3 is 10.6 Å². The topological polar surface area (TPSA) is 106 Å². The number of benzene rings is 2. The van der Waals surface area contributed by atoms with Crippen molar-refractivity contribution in [2.75, 3.05) is 6.54 Å². The first-order chi connectivity index (χ1) is 17.6. The van der Waals surface area contributed by atoms with Crippen LogP contribution in [-0.4, -0.2) is 44.9 Å². The van der Waals surface area contributed by atoms with E-state index in [1.807, 2.05) is 73.7 Å². The summed E-state index contributed by atoms with van der Waals surface area (Å²) in [4.78, 5) is 43.2. The summed E-state index contributed by atoms with van der Waals surface area (Å²) in [5.41, 5.74) is 2.73. The zero-order valence-corrected chi connectivity index (χ0v) is 19.9. The molecule has 2 aromatic heterocycles. The van der Waals surface area contributed by atoms with Gasteiger partial charge in [-0.3, -0.25) is 14.4 Å². The number of rotatable bonds is 10. The second-order valence-electron chi connectivity index (χ2n) is 8.22. The zero-order valence-electron chi connectivity index (χ0n) is 19.9. The number of aromatic nitrogens is 3. The molecule has 0 aliphatic rings. The number of Topliss-reactive ketones (excluding diaryl/α,β-unsaturated/α-hetero) is 1. The lowest BCUT2D eigenvalue weighted by atomic mass is 10.0. The number of nitrogens with zero attached hydrogens (tertiary/aromatic N) is 3. The third-order valence-corrected chi connectivity index (χ3v) is 5.57. The van der Waals surface area contributed by atoms with Crippen LogP contribution in [-0.2, 0) is 16.0 Å². The Labute approximate surface area is 209 Å². The quantitative estimate of drug-likeness (QED) is 0.338. The monoisotopic (exact) mass is 481 g/mol. The maximum absolute atomic E-state index is 13.4. The van der Waals surface area contributed by atoms with Gasteiger partial charge in [-0.15, -0.1) is 0 Å². The highest BCUT2D eigenvalue weighted by Gasteiger charge is 2.28. The van der Waals surface area contributed by atoms with Gasteiger partial charge in [0.05, 0.1) is 11.3 Å². The third-order valence-electron chi connectivity index (χ3n) is 5.57. The van der Waals surface area contributed by atoms with Crippen LogP contribution in [0.15, 0.2) is 91.3 Å². The van der Waals surface area contributed by atoms with E-state index in [-0.39, 0.29) is 12.0 Å². The number of hydrogen-bond acceptors (Lipinski definition) is 5. The van der Waals surface area contributed by atoms with Crippen molar-refractivity contribution >= 4 is 17.6 Å². The second-order valence-corrected chi connectivity index (χ2v) is 8.22. The van der Waals surface area contributed by atoms with Crippen LogP contribution >= 0.6 is 0 Å².